The van der Waals surface area contributed by atoms with E-state index in [0.29, 0.717) is 12.6 Å². The molecule has 102 valence electrons. The third-order valence-electron chi connectivity index (χ3n) is 3.12. The molecular formula is C14H24N2OS. The lowest BCUT2D eigenvalue weighted by Crippen LogP contribution is -2.37. The molecule has 1 unspecified atom stereocenters. The van der Waals surface area contributed by atoms with Gasteiger partial charge in [0.05, 0.1) is 7.11 Å². The summed E-state index contributed by atoms with van der Waals surface area (Å²) in [6.45, 7) is 1.62. The third kappa shape index (κ3) is 4.88. The number of ether oxygens (including phenoxy) is 1. The Kier molecular flexibility index (Phi) is 7.16. The number of likely N-dealkylation sites (N-methyl/N-ethyl adjacent to an activating group) is 1. The summed E-state index contributed by atoms with van der Waals surface area (Å²) in [4.78, 5) is 2.32. The van der Waals surface area contributed by atoms with Crippen molar-refractivity contribution in [1.82, 2.24) is 4.90 Å². The van der Waals surface area contributed by atoms with E-state index in [2.05, 4.69) is 30.3 Å². The zero-order valence-electron chi connectivity index (χ0n) is 11.6. The molecule has 0 radical (unpaired) electrons. The van der Waals surface area contributed by atoms with E-state index in [9.17, 15) is 0 Å². The molecule has 0 spiro atoms. The Balaban J connectivity index is 2.58. The maximum atomic E-state index is 5.85. The number of hydrogen-bond acceptors (Lipinski definition) is 4. The van der Waals surface area contributed by atoms with E-state index < -0.39 is 0 Å². The Morgan fingerprint density at radius 2 is 2.22 bits per heavy atom. The summed E-state index contributed by atoms with van der Waals surface area (Å²) in [5.74, 6) is 2.07. The molecule has 0 saturated carbocycles. The van der Waals surface area contributed by atoms with E-state index in [1.165, 1.54) is 5.56 Å². The van der Waals surface area contributed by atoms with Gasteiger partial charge in [-0.25, -0.2) is 0 Å². The van der Waals surface area contributed by atoms with Gasteiger partial charge in [-0.05, 0) is 43.2 Å². The lowest BCUT2D eigenvalue weighted by molar-refractivity contribution is 0.234. The van der Waals surface area contributed by atoms with Crippen LogP contribution in [0.4, 0.5) is 0 Å². The SMILES string of the molecule is COc1cccc(CN(C)C(CN)CCSC)c1. The topological polar surface area (TPSA) is 38.5 Å². The second kappa shape index (κ2) is 8.40. The van der Waals surface area contributed by atoms with Crippen molar-refractivity contribution in [3.8, 4) is 5.75 Å². The molecule has 0 aromatic heterocycles. The van der Waals surface area contributed by atoms with Crippen LogP contribution in [0.25, 0.3) is 0 Å². The predicted octanol–water partition coefficient (Wildman–Crippen LogP) is 2.21. The van der Waals surface area contributed by atoms with Crippen molar-refractivity contribution >= 4 is 11.8 Å². The number of benzene rings is 1. The standard InChI is InChI=1S/C14H24N2OS/c1-16(13(10-15)7-8-18-3)11-12-5-4-6-14(9-12)17-2/h4-6,9,13H,7-8,10-11,15H2,1-3H3. The second-order valence-corrected chi connectivity index (χ2v) is 5.42. The maximum Gasteiger partial charge on any atom is 0.119 e. The summed E-state index contributed by atoms with van der Waals surface area (Å²) in [6.07, 6.45) is 3.27. The fraction of sp³-hybridized carbons (Fsp3) is 0.571. The van der Waals surface area contributed by atoms with Crippen LogP contribution in [-0.4, -0.2) is 43.7 Å². The van der Waals surface area contributed by atoms with Gasteiger partial charge in [-0.1, -0.05) is 12.1 Å². The summed E-state index contributed by atoms with van der Waals surface area (Å²) in [5.41, 5.74) is 7.11. The van der Waals surface area contributed by atoms with Crippen LogP contribution in [0.2, 0.25) is 0 Å². The van der Waals surface area contributed by atoms with Gasteiger partial charge in [0.2, 0.25) is 0 Å². The Morgan fingerprint density at radius 3 is 2.83 bits per heavy atom. The number of rotatable bonds is 8. The van der Waals surface area contributed by atoms with E-state index >= 15 is 0 Å². The van der Waals surface area contributed by atoms with Crippen LogP contribution in [0.5, 0.6) is 5.75 Å². The molecule has 3 nitrogen and oxygen atoms in total. The Morgan fingerprint density at radius 1 is 1.44 bits per heavy atom. The molecular weight excluding hydrogens is 244 g/mol. The van der Waals surface area contributed by atoms with Crippen LogP contribution in [-0.2, 0) is 6.54 Å². The molecule has 0 aliphatic carbocycles. The zero-order chi connectivity index (χ0) is 13.4. The van der Waals surface area contributed by atoms with Gasteiger partial charge in [-0.2, -0.15) is 11.8 Å². The molecule has 0 aliphatic heterocycles. The minimum absolute atomic E-state index is 0.448. The zero-order valence-corrected chi connectivity index (χ0v) is 12.4. The van der Waals surface area contributed by atoms with Crippen LogP contribution in [0.1, 0.15) is 12.0 Å². The van der Waals surface area contributed by atoms with E-state index in [1.807, 2.05) is 23.9 Å². The van der Waals surface area contributed by atoms with E-state index in [1.54, 1.807) is 7.11 Å². The van der Waals surface area contributed by atoms with Gasteiger partial charge in [-0.3, -0.25) is 4.90 Å². The molecule has 0 aliphatic rings. The third-order valence-corrected chi connectivity index (χ3v) is 3.76. The maximum absolute atomic E-state index is 5.85. The first-order valence-corrected chi connectivity index (χ1v) is 7.62. The highest BCUT2D eigenvalue weighted by Gasteiger charge is 2.13. The van der Waals surface area contributed by atoms with Crippen molar-refractivity contribution < 1.29 is 4.74 Å². The molecule has 2 N–H and O–H groups in total. The smallest absolute Gasteiger partial charge is 0.119 e. The molecule has 1 rings (SSSR count). The van der Waals surface area contributed by atoms with Crippen molar-refractivity contribution in [1.29, 1.82) is 0 Å². The highest BCUT2D eigenvalue weighted by molar-refractivity contribution is 7.98. The number of thioether (sulfide) groups is 1. The van der Waals surface area contributed by atoms with Gasteiger partial charge in [0.15, 0.2) is 0 Å². The summed E-state index contributed by atoms with van der Waals surface area (Å²) in [7, 11) is 3.83. The summed E-state index contributed by atoms with van der Waals surface area (Å²) in [5, 5.41) is 0. The molecule has 0 saturated heterocycles. The molecule has 0 heterocycles. The second-order valence-electron chi connectivity index (χ2n) is 4.44. The fourth-order valence-electron chi connectivity index (χ4n) is 1.96. The van der Waals surface area contributed by atoms with Gasteiger partial charge in [-0.15, -0.1) is 0 Å². The normalized spacial score (nSPS) is 12.7. The molecule has 0 fully saturated rings. The predicted molar refractivity (Wildman–Crippen MR) is 80.3 cm³/mol. The number of methoxy groups -OCH3 is 1. The average molecular weight is 268 g/mol. The van der Waals surface area contributed by atoms with Crippen molar-refractivity contribution in [2.75, 3.05) is 32.7 Å². The molecule has 4 heteroatoms. The van der Waals surface area contributed by atoms with E-state index in [0.717, 1.165) is 24.5 Å². The van der Waals surface area contributed by atoms with Gasteiger partial charge >= 0.3 is 0 Å². The molecule has 18 heavy (non-hydrogen) atoms. The summed E-state index contributed by atoms with van der Waals surface area (Å²) < 4.78 is 5.24. The van der Waals surface area contributed by atoms with Crippen molar-refractivity contribution in [3.05, 3.63) is 29.8 Å². The first-order chi connectivity index (χ1) is 8.71. The van der Waals surface area contributed by atoms with E-state index in [4.69, 9.17) is 10.5 Å². The lowest BCUT2D eigenvalue weighted by atomic mass is 10.1. The van der Waals surface area contributed by atoms with Crippen molar-refractivity contribution in [2.24, 2.45) is 5.73 Å². The van der Waals surface area contributed by atoms with Crippen LogP contribution in [0, 0.1) is 0 Å². The Hall–Kier alpha value is -0.710. The van der Waals surface area contributed by atoms with Crippen molar-refractivity contribution in [2.45, 2.75) is 19.0 Å². The minimum atomic E-state index is 0.448. The fourth-order valence-corrected chi connectivity index (χ4v) is 2.47. The van der Waals surface area contributed by atoms with Crippen LogP contribution in [0.15, 0.2) is 24.3 Å². The number of nitrogens with zero attached hydrogens (tertiary/aromatic N) is 1. The van der Waals surface area contributed by atoms with Crippen molar-refractivity contribution in [3.63, 3.8) is 0 Å². The Bertz CT molecular complexity index is 346. The molecule has 1 aromatic carbocycles. The largest absolute Gasteiger partial charge is 0.497 e. The lowest BCUT2D eigenvalue weighted by Gasteiger charge is -2.27. The van der Waals surface area contributed by atoms with Gasteiger partial charge in [0.25, 0.3) is 0 Å². The average Bonchev–Trinajstić information content (AvgIpc) is 2.40. The highest BCUT2D eigenvalue weighted by atomic mass is 32.2. The molecule has 1 aromatic rings. The summed E-state index contributed by atoms with van der Waals surface area (Å²) in [6, 6.07) is 8.65. The number of nitrogens with two attached hydrogens (primary N) is 1. The molecule has 0 amide bonds. The summed E-state index contributed by atoms with van der Waals surface area (Å²) >= 11 is 1.87. The van der Waals surface area contributed by atoms with Gasteiger partial charge in [0.1, 0.15) is 5.75 Å². The molecule has 1 atom stereocenters. The first-order valence-electron chi connectivity index (χ1n) is 6.23. The van der Waals surface area contributed by atoms with Crippen LogP contribution >= 0.6 is 11.8 Å². The highest BCUT2D eigenvalue weighted by Crippen LogP contribution is 2.15. The number of hydrogen-bond donors (Lipinski definition) is 1. The van der Waals surface area contributed by atoms with Gasteiger partial charge < -0.3 is 10.5 Å². The van der Waals surface area contributed by atoms with E-state index in [-0.39, 0.29) is 0 Å². The minimum Gasteiger partial charge on any atom is -0.497 e. The molecule has 0 bridgehead atoms. The van der Waals surface area contributed by atoms with Gasteiger partial charge in [0, 0.05) is 19.1 Å². The van der Waals surface area contributed by atoms with Crippen LogP contribution < -0.4 is 10.5 Å². The first kappa shape index (κ1) is 15.3. The quantitative estimate of drug-likeness (QED) is 0.784. The van der Waals surface area contributed by atoms with Crippen LogP contribution in [0.3, 0.4) is 0 Å². The Labute approximate surface area is 115 Å². The monoisotopic (exact) mass is 268 g/mol.